The van der Waals surface area contributed by atoms with Crippen molar-refractivity contribution in [2.45, 2.75) is 71.6 Å². The molecule has 8 heteroatoms. The molecule has 1 atom stereocenters. The Kier molecular flexibility index (Phi) is 8.39. The van der Waals surface area contributed by atoms with E-state index in [4.69, 9.17) is 9.47 Å². The van der Waals surface area contributed by atoms with Crippen molar-refractivity contribution in [3.05, 3.63) is 45.5 Å². The molecular formula is C23H30Br2N2O4. The van der Waals surface area contributed by atoms with E-state index in [0.29, 0.717) is 12.8 Å². The van der Waals surface area contributed by atoms with Gasteiger partial charge in [0.05, 0.1) is 8.91 Å². The minimum absolute atomic E-state index is 0.238. The maximum atomic E-state index is 12.8. The molecule has 2 aromatic rings. The van der Waals surface area contributed by atoms with Crippen LogP contribution in [0.25, 0.3) is 10.9 Å². The number of amides is 1. The number of aromatic nitrogens is 1. The zero-order valence-corrected chi connectivity index (χ0v) is 22.0. The van der Waals surface area contributed by atoms with Crippen LogP contribution < -0.4 is 5.32 Å². The van der Waals surface area contributed by atoms with Crippen LogP contribution >= 0.6 is 31.9 Å². The third-order valence-electron chi connectivity index (χ3n) is 4.13. The van der Waals surface area contributed by atoms with Gasteiger partial charge in [-0.15, -0.1) is 0 Å². The van der Waals surface area contributed by atoms with Gasteiger partial charge in [0.1, 0.15) is 11.2 Å². The summed E-state index contributed by atoms with van der Waals surface area (Å²) in [5.74, 6) is 0. The Hall–Kier alpha value is -1.80. The zero-order valence-electron chi connectivity index (χ0n) is 18.8. The molecule has 0 saturated carbocycles. The molecule has 1 aromatic carbocycles. The fraction of sp³-hybridized carbons (Fsp3) is 0.478. The van der Waals surface area contributed by atoms with Crippen molar-refractivity contribution in [2.24, 2.45) is 0 Å². The minimum Gasteiger partial charge on any atom is -0.444 e. The van der Waals surface area contributed by atoms with Crippen molar-refractivity contribution >= 4 is 54.9 Å². The number of para-hydroxylation sites is 1. The molecule has 0 aliphatic rings. The van der Waals surface area contributed by atoms with Crippen LogP contribution in [0.4, 0.5) is 9.59 Å². The van der Waals surface area contributed by atoms with Gasteiger partial charge in [0.15, 0.2) is 0 Å². The average Bonchev–Trinajstić information content (AvgIpc) is 2.95. The molecule has 31 heavy (non-hydrogen) atoms. The van der Waals surface area contributed by atoms with Crippen LogP contribution in [0.15, 0.2) is 39.9 Å². The summed E-state index contributed by atoms with van der Waals surface area (Å²) in [5.41, 5.74) is 0.505. The van der Waals surface area contributed by atoms with Crippen LogP contribution in [0, 0.1) is 0 Å². The SMILES string of the molecule is CC(C)(C)OC(=O)N[C@H](CC=C(Br)Br)Cc1cn(C(=O)OC(C)(C)C)c2ccccc12. The maximum Gasteiger partial charge on any atom is 0.419 e. The van der Waals surface area contributed by atoms with E-state index in [1.807, 2.05) is 71.9 Å². The number of nitrogens with zero attached hydrogens (tertiary/aromatic N) is 1. The highest BCUT2D eigenvalue weighted by molar-refractivity contribution is 9.28. The molecule has 170 valence electrons. The minimum atomic E-state index is -0.601. The summed E-state index contributed by atoms with van der Waals surface area (Å²) >= 11 is 6.73. The van der Waals surface area contributed by atoms with Crippen LogP contribution in [0.1, 0.15) is 53.5 Å². The average molecular weight is 558 g/mol. The van der Waals surface area contributed by atoms with Crippen molar-refractivity contribution in [1.29, 1.82) is 0 Å². The zero-order chi connectivity index (χ0) is 23.4. The number of alkyl carbamates (subject to hydrolysis) is 1. The lowest BCUT2D eigenvalue weighted by Gasteiger charge is -2.23. The van der Waals surface area contributed by atoms with E-state index in [9.17, 15) is 9.59 Å². The first-order chi connectivity index (χ1) is 14.2. The summed E-state index contributed by atoms with van der Waals surface area (Å²) in [6.07, 6.45) is 3.88. The molecule has 0 fully saturated rings. The lowest BCUT2D eigenvalue weighted by molar-refractivity contribution is 0.0500. The maximum absolute atomic E-state index is 12.8. The number of carbonyl (C=O) groups excluding carboxylic acids is 2. The molecule has 1 aromatic heterocycles. The van der Waals surface area contributed by atoms with E-state index in [2.05, 4.69) is 37.2 Å². The molecule has 0 saturated heterocycles. The summed E-state index contributed by atoms with van der Waals surface area (Å²) in [6, 6.07) is 7.42. The lowest BCUT2D eigenvalue weighted by atomic mass is 10.0. The normalized spacial score (nSPS) is 12.9. The fourth-order valence-corrected chi connectivity index (χ4v) is 3.41. The molecule has 2 rings (SSSR count). The molecular weight excluding hydrogens is 528 g/mol. The summed E-state index contributed by atoms with van der Waals surface area (Å²) in [6.45, 7) is 11.0. The van der Waals surface area contributed by atoms with Gasteiger partial charge >= 0.3 is 12.2 Å². The monoisotopic (exact) mass is 556 g/mol. The first kappa shape index (κ1) is 25.5. The molecule has 0 spiro atoms. The van der Waals surface area contributed by atoms with Gasteiger partial charge in [0.2, 0.25) is 0 Å². The van der Waals surface area contributed by atoms with E-state index in [1.165, 1.54) is 4.57 Å². The highest BCUT2D eigenvalue weighted by Gasteiger charge is 2.23. The van der Waals surface area contributed by atoms with E-state index in [-0.39, 0.29) is 6.04 Å². The second-order valence-corrected chi connectivity index (χ2v) is 12.1. The number of fused-ring (bicyclic) bond motifs is 1. The summed E-state index contributed by atoms with van der Waals surface area (Å²) in [7, 11) is 0. The lowest BCUT2D eigenvalue weighted by Crippen LogP contribution is -2.40. The van der Waals surface area contributed by atoms with Crippen molar-refractivity contribution in [3.8, 4) is 0 Å². The molecule has 0 unspecified atom stereocenters. The summed E-state index contributed by atoms with van der Waals surface area (Å²) in [4.78, 5) is 25.1. The Balaban J connectivity index is 2.35. The van der Waals surface area contributed by atoms with E-state index in [1.54, 1.807) is 6.20 Å². The third-order valence-corrected chi connectivity index (χ3v) is 4.78. The smallest absolute Gasteiger partial charge is 0.419 e. The number of ether oxygens (including phenoxy) is 2. The topological polar surface area (TPSA) is 69.6 Å². The van der Waals surface area contributed by atoms with Gasteiger partial charge < -0.3 is 14.8 Å². The molecule has 1 amide bonds. The van der Waals surface area contributed by atoms with E-state index < -0.39 is 23.4 Å². The number of halogens is 2. The summed E-state index contributed by atoms with van der Waals surface area (Å²) in [5, 5.41) is 3.88. The van der Waals surface area contributed by atoms with Gasteiger partial charge in [-0.05, 0) is 97.9 Å². The van der Waals surface area contributed by atoms with Gasteiger partial charge in [0, 0.05) is 17.6 Å². The number of benzene rings is 1. The fourth-order valence-electron chi connectivity index (χ4n) is 3.04. The van der Waals surface area contributed by atoms with Crippen LogP contribution in [-0.4, -0.2) is 34.0 Å². The number of carbonyl (C=O) groups is 2. The predicted octanol–water partition coefficient (Wildman–Crippen LogP) is 6.88. The number of rotatable bonds is 5. The van der Waals surface area contributed by atoms with E-state index >= 15 is 0 Å². The Morgan fingerprint density at radius 2 is 1.68 bits per heavy atom. The van der Waals surface area contributed by atoms with Crippen LogP contribution in [-0.2, 0) is 15.9 Å². The van der Waals surface area contributed by atoms with Crippen molar-refractivity contribution in [2.75, 3.05) is 0 Å². The Morgan fingerprint density at radius 1 is 1.06 bits per heavy atom. The van der Waals surface area contributed by atoms with Crippen LogP contribution in [0.3, 0.4) is 0 Å². The molecule has 6 nitrogen and oxygen atoms in total. The second kappa shape index (κ2) is 10.2. The molecule has 0 aliphatic heterocycles. The third kappa shape index (κ3) is 8.33. The predicted molar refractivity (Wildman–Crippen MR) is 131 cm³/mol. The summed E-state index contributed by atoms with van der Waals surface area (Å²) < 4.78 is 13.3. The highest BCUT2D eigenvalue weighted by Crippen LogP contribution is 2.25. The van der Waals surface area contributed by atoms with Gasteiger partial charge in [-0.3, -0.25) is 4.57 Å². The van der Waals surface area contributed by atoms with Gasteiger partial charge in [-0.2, -0.15) is 0 Å². The Bertz CT molecular complexity index is 964. The Labute approximate surface area is 200 Å². The number of nitrogens with one attached hydrogen (secondary N) is 1. The second-order valence-electron chi connectivity index (χ2n) is 9.30. The molecule has 0 aliphatic carbocycles. The van der Waals surface area contributed by atoms with Gasteiger partial charge in [-0.1, -0.05) is 24.3 Å². The molecule has 0 radical (unpaired) electrons. The highest BCUT2D eigenvalue weighted by atomic mass is 79.9. The molecule has 1 N–H and O–H groups in total. The molecule has 0 bridgehead atoms. The van der Waals surface area contributed by atoms with Crippen molar-refractivity contribution in [3.63, 3.8) is 0 Å². The first-order valence-corrected chi connectivity index (χ1v) is 11.7. The largest absolute Gasteiger partial charge is 0.444 e. The van der Waals surface area contributed by atoms with Crippen molar-refractivity contribution in [1.82, 2.24) is 9.88 Å². The quantitative estimate of drug-likeness (QED) is 0.435. The number of hydrogen-bond acceptors (Lipinski definition) is 4. The van der Waals surface area contributed by atoms with E-state index in [0.717, 1.165) is 19.9 Å². The van der Waals surface area contributed by atoms with Crippen LogP contribution in [0.5, 0.6) is 0 Å². The standard InChI is InChI=1S/C23H30Br2N2O4/c1-22(2,3)30-20(28)26-16(11-12-19(24)25)13-15-14-27(21(29)31-23(4,5)6)18-10-8-7-9-17(15)18/h7-10,12,14,16H,11,13H2,1-6H3,(H,26,28)/t16-/m1/s1. The Morgan fingerprint density at radius 3 is 2.26 bits per heavy atom. The molecule has 1 heterocycles. The number of hydrogen-bond donors (Lipinski definition) is 1. The van der Waals surface area contributed by atoms with Gasteiger partial charge in [-0.25, -0.2) is 9.59 Å². The van der Waals surface area contributed by atoms with Crippen LogP contribution in [0.2, 0.25) is 0 Å². The van der Waals surface area contributed by atoms with Gasteiger partial charge in [0.25, 0.3) is 0 Å². The van der Waals surface area contributed by atoms with Crippen molar-refractivity contribution < 1.29 is 19.1 Å². The first-order valence-electron chi connectivity index (χ1n) is 10.1.